The van der Waals surface area contributed by atoms with Crippen molar-refractivity contribution in [2.75, 3.05) is 23.3 Å². The summed E-state index contributed by atoms with van der Waals surface area (Å²) in [4.78, 5) is 6.70. The summed E-state index contributed by atoms with van der Waals surface area (Å²) >= 11 is 0. The zero-order valence-corrected chi connectivity index (χ0v) is 11.7. The summed E-state index contributed by atoms with van der Waals surface area (Å²) in [5, 5.41) is 11.5. The van der Waals surface area contributed by atoms with Gasteiger partial charge in [-0.2, -0.15) is 10.1 Å². The van der Waals surface area contributed by atoms with E-state index in [2.05, 4.69) is 50.5 Å². The van der Waals surface area contributed by atoms with Gasteiger partial charge in [-0.1, -0.05) is 31.5 Å². The van der Waals surface area contributed by atoms with Crippen molar-refractivity contribution in [3.63, 3.8) is 0 Å². The van der Waals surface area contributed by atoms with E-state index in [1.165, 1.54) is 11.3 Å². The molecule has 5 nitrogen and oxygen atoms in total. The number of para-hydroxylation sites is 1. The van der Waals surface area contributed by atoms with E-state index in [-0.39, 0.29) is 0 Å². The summed E-state index contributed by atoms with van der Waals surface area (Å²) in [5.41, 5.74) is 2.54. The highest BCUT2D eigenvalue weighted by Crippen LogP contribution is 2.32. The first-order valence-electron chi connectivity index (χ1n) is 7.17. The average Bonchev–Trinajstić information content (AvgIpc) is 2.92. The first kappa shape index (κ1) is 12.8. The number of unbranched alkanes of at least 4 members (excludes halogenated alkanes) is 1. The van der Waals surface area contributed by atoms with Crippen LogP contribution in [0, 0.1) is 0 Å². The van der Waals surface area contributed by atoms with Gasteiger partial charge in [0, 0.05) is 18.8 Å². The van der Waals surface area contributed by atoms with Crippen LogP contribution in [-0.4, -0.2) is 28.3 Å². The Bertz CT molecular complexity index is 584. The summed E-state index contributed by atoms with van der Waals surface area (Å²) in [6, 6.07) is 8.40. The normalized spacial score (nSPS) is 13.3. The van der Waals surface area contributed by atoms with Crippen molar-refractivity contribution < 1.29 is 0 Å². The topological polar surface area (TPSA) is 53.9 Å². The molecule has 1 aliphatic rings. The lowest BCUT2D eigenvalue weighted by Crippen LogP contribution is -2.18. The van der Waals surface area contributed by atoms with Crippen LogP contribution in [0.25, 0.3) is 0 Å². The molecule has 0 saturated carbocycles. The van der Waals surface area contributed by atoms with E-state index in [1.54, 1.807) is 6.20 Å². The lowest BCUT2D eigenvalue weighted by atomic mass is 10.2. The molecule has 1 N–H and O–H groups in total. The van der Waals surface area contributed by atoms with Gasteiger partial charge in [-0.05, 0) is 24.5 Å². The van der Waals surface area contributed by atoms with Crippen molar-refractivity contribution in [2.24, 2.45) is 0 Å². The van der Waals surface area contributed by atoms with Crippen LogP contribution in [0.2, 0.25) is 0 Å². The Morgan fingerprint density at radius 3 is 3.10 bits per heavy atom. The van der Waals surface area contributed by atoms with E-state index in [0.717, 1.165) is 38.2 Å². The highest BCUT2D eigenvalue weighted by molar-refractivity contribution is 5.65. The molecular weight excluding hydrogens is 250 g/mol. The Kier molecular flexibility index (Phi) is 3.76. The smallest absolute Gasteiger partial charge is 0.251 e. The largest absolute Gasteiger partial charge is 0.369 e. The number of benzene rings is 1. The lowest BCUT2D eigenvalue weighted by molar-refractivity contribution is 0.823. The summed E-state index contributed by atoms with van der Waals surface area (Å²) < 4.78 is 0. The number of nitrogens with one attached hydrogen (secondary N) is 1. The van der Waals surface area contributed by atoms with Crippen LogP contribution in [0.3, 0.4) is 0 Å². The van der Waals surface area contributed by atoms with E-state index >= 15 is 0 Å². The highest BCUT2D eigenvalue weighted by Gasteiger charge is 2.22. The minimum absolute atomic E-state index is 0.677. The molecule has 3 rings (SSSR count). The molecule has 0 amide bonds. The Labute approximate surface area is 119 Å². The maximum absolute atomic E-state index is 4.57. The molecule has 0 saturated heterocycles. The molecule has 1 aromatic heterocycles. The van der Waals surface area contributed by atoms with Gasteiger partial charge in [-0.3, -0.25) is 0 Å². The van der Waals surface area contributed by atoms with Gasteiger partial charge in [0.25, 0.3) is 5.95 Å². The predicted octanol–water partition coefficient (Wildman–Crippen LogP) is 2.78. The number of aromatic nitrogens is 3. The zero-order valence-electron chi connectivity index (χ0n) is 11.7. The molecule has 5 heteroatoms. The maximum Gasteiger partial charge on any atom is 0.251 e. The van der Waals surface area contributed by atoms with Gasteiger partial charge in [0.15, 0.2) is 5.82 Å². The first-order chi connectivity index (χ1) is 9.88. The van der Waals surface area contributed by atoms with Crippen molar-refractivity contribution in [1.29, 1.82) is 0 Å². The predicted molar refractivity (Wildman–Crippen MR) is 80.4 cm³/mol. The summed E-state index contributed by atoms with van der Waals surface area (Å²) in [7, 11) is 0. The molecule has 0 aliphatic carbocycles. The summed E-state index contributed by atoms with van der Waals surface area (Å²) in [5.74, 6) is 1.48. The Balaban J connectivity index is 1.79. The molecule has 1 aromatic carbocycles. The van der Waals surface area contributed by atoms with Crippen LogP contribution in [-0.2, 0) is 6.42 Å². The SMILES string of the molecule is CCCCNc1cnnc(N2CCc3ccccc32)n1. The Hall–Kier alpha value is -2.17. The van der Waals surface area contributed by atoms with Gasteiger partial charge in [0.2, 0.25) is 0 Å². The fourth-order valence-corrected chi connectivity index (χ4v) is 2.43. The molecule has 1 aliphatic heterocycles. The second-order valence-corrected chi connectivity index (χ2v) is 4.95. The lowest BCUT2D eigenvalue weighted by Gasteiger charge is -2.17. The molecule has 104 valence electrons. The van der Waals surface area contributed by atoms with Crippen molar-refractivity contribution in [3.8, 4) is 0 Å². The number of rotatable bonds is 5. The molecule has 0 fully saturated rings. The Morgan fingerprint density at radius 2 is 2.20 bits per heavy atom. The van der Waals surface area contributed by atoms with Crippen LogP contribution in [0.1, 0.15) is 25.3 Å². The van der Waals surface area contributed by atoms with Crippen LogP contribution in [0.4, 0.5) is 17.5 Å². The number of anilines is 3. The number of nitrogens with zero attached hydrogens (tertiary/aromatic N) is 4. The third-order valence-electron chi connectivity index (χ3n) is 3.51. The van der Waals surface area contributed by atoms with Gasteiger partial charge in [0.05, 0.1) is 6.20 Å². The van der Waals surface area contributed by atoms with Crippen molar-refractivity contribution >= 4 is 17.5 Å². The molecule has 0 spiro atoms. The van der Waals surface area contributed by atoms with Gasteiger partial charge < -0.3 is 10.2 Å². The van der Waals surface area contributed by atoms with E-state index in [9.17, 15) is 0 Å². The number of hydrogen-bond acceptors (Lipinski definition) is 5. The fraction of sp³-hybridized carbons (Fsp3) is 0.400. The first-order valence-corrected chi connectivity index (χ1v) is 7.17. The number of hydrogen-bond donors (Lipinski definition) is 1. The minimum Gasteiger partial charge on any atom is -0.369 e. The minimum atomic E-state index is 0.677. The second kappa shape index (κ2) is 5.86. The molecule has 2 heterocycles. The average molecular weight is 269 g/mol. The standard InChI is InChI=1S/C15H19N5/c1-2-3-9-16-14-11-17-19-15(18-14)20-10-8-12-6-4-5-7-13(12)20/h4-7,11H,2-3,8-10H2,1H3,(H,16,18,19). The molecule has 0 radical (unpaired) electrons. The van der Waals surface area contributed by atoms with Gasteiger partial charge in [-0.25, -0.2) is 0 Å². The van der Waals surface area contributed by atoms with Crippen LogP contribution in [0.5, 0.6) is 0 Å². The van der Waals surface area contributed by atoms with Crippen LogP contribution >= 0.6 is 0 Å². The molecule has 0 bridgehead atoms. The molecule has 20 heavy (non-hydrogen) atoms. The van der Waals surface area contributed by atoms with Crippen molar-refractivity contribution in [3.05, 3.63) is 36.0 Å². The highest BCUT2D eigenvalue weighted by atomic mass is 15.3. The monoisotopic (exact) mass is 269 g/mol. The van der Waals surface area contributed by atoms with E-state index in [4.69, 9.17) is 0 Å². The van der Waals surface area contributed by atoms with Crippen molar-refractivity contribution in [1.82, 2.24) is 15.2 Å². The van der Waals surface area contributed by atoms with Gasteiger partial charge in [-0.15, -0.1) is 5.10 Å². The quantitative estimate of drug-likeness (QED) is 0.846. The van der Waals surface area contributed by atoms with Crippen LogP contribution in [0.15, 0.2) is 30.5 Å². The second-order valence-electron chi connectivity index (χ2n) is 4.95. The summed E-state index contributed by atoms with van der Waals surface area (Å²) in [6.07, 6.45) is 5.01. The van der Waals surface area contributed by atoms with Gasteiger partial charge in [0.1, 0.15) is 0 Å². The molecule has 2 aromatic rings. The van der Waals surface area contributed by atoms with E-state index < -0.39 is 0 Å². The van der Waals surface area contributed by atoms with Gasteiger partial charge >= 0.3 is 0 Å². The van der Waals surface area contributed by atoms with E-state index in [1.807, 2.05) is 6.07 Å². The fourth-order valence-electron chi connectivity index (χ4n) is 2.43. The Morgan fingerprint density at radius 1 is 1.30 bits per heavy atom. The molecular formula is C15H19N5. The van der Waals surface area contributed by atoms with Crippen molar-refractivity contribution in [2.45, 2.75) is 26.2 Å². The van der Waals surface area contributed by atoms with Crippen LogP contribution < -0.4 is 10.2 Å². The third-order valence-corrected chi connectivity index (χ3v) is 3.51. The molecule has 0 unspecified atom stereocenters. The third kappa shape index (κ3) is 2.57. The van der Waals surface area contributed by atoms with E-state index in [0.29, 0.717) is 5.95 Å². The number of fused-ring (bicyclic) bond motifs is 1. The zero-order chi connectivity index (χ0) is 13.8. The maximum atomic E-state index is 4.57. The summed E-state index contributed by atoms with van der Waals surface area (Å²) in [6.45, 7) is 4.01. The molecule has 0 atom stereocenters.